The Morgan fingerprint density at radius 1 is 0.808 bits per heavy atom. The third-order valence-corrected chi connectivity index (χ3v) is 11.7. The van der Waals surface area contributed by atoms with E-state index in [1.165, 1.54) is 44.2 Å². The number of phenols is 1. The first-order valence-electron chi connectivity index (χ1n) is 23.5. The molecule has 1 saturated heterocycles. The maximum atomic E-state index is 14.4. The van der Waals surface area contributed by atoms with Gasteiger partial charge in [-0.2, -0.15) is 0 Å². The van der Waals surface area contributed by atoms with Gasteiger partial charge < -0.3 is 68.7 Å². The molecule has 0 spiro atoms. The maximum absolute atomic E-state index is 14.4. The molecule has 2 aromatic rings. The molecule has 23 heteroatoms. The number of phenolic OH excluding ortho intramolecular Hbond substituents is 1. The Morgan fingerprint density at radius 2 is 1.44 bits per heavy atom. The molecule has 396 valence electrons. The number of methoxy groups -OCH3 is 1. The van der Waals surface area contributed by atoms with Crippen molar-refractivity contribution in [2.24, 2.45) is 28.3 Å². The molecule has 0 unspecified atom stereocenters. The number of nitrogens with two attached hydrogens (primary N) is 2. The van der Waals surface area contributed by atoms with Crippen molar-refractivity contribution in [3.05, 3.63) is 102 Å². The standard InChI is InChI=1S/C50H68N10O13/c1-27(23-28(2)40(73-6)25-32-11-8-7-9-12-32)14-19-35-29(3)43(64)59-37(48(69)70)20-21-41(62)54-30(4)44(65)55-31(5)45(66)58-36(13-10-22-53-50(51)52)46(67)60-39(49(71)72)26-42(63)56-38(47(68)57-35)24-33-15-17-34(61)18-16-33/h7-9,11-12,14-19,23,28-29,31,35-40,61H,4,10,13,20-22,24-26H2,1-3,5-6H3,(H,54,62)(H,55,65)(H,56,63)(H,57,68)(H,58,66)(H,59,64)(H,60,67)(H,69,70)(H,71,72)(H4,51,52,53)/b19-14+,27-23+/t28-,29-,31+,35-,36-,37+,38-,39+,40-/m0/s1. The Morgan fingerprint density at radius 3 is 2.05 bits per heavy atom. The van der Waals surface area contributed by atoms with Crippen molar-refractivity contribution in [1.82, 2.24) is 37.2 Å². The summed E-state index contributed by atoms with van der Waals surface area (Å²) in [7, 11) is 1.60. The summed E-state index contributed by atoms with van der Waals surface area (Å²) in [6.07, 6.45) is 3.22. The van der Waals surface area contributed by atoms with Crippen LogP contribution in [0, 0.1) is 11.8 Å². The summed E-state index contributed by atoms with van der Waals surface area (Å²) in [5.41, 5.74) is 12.5. The highest BCUT2D eigenvalue weighted by molar-refractivity contribution is 6.00. The molecular formula is C50H68N10O13. The third kappa shape index (κ3) is 20.7. The van der Waals surface area contributed by atoms with Gasteiger partial charge in [0.2, 0.25) is 35.4 Å². The topological polar surface area (TPSA) is 372 Å². The third-order valence-electron chi connectivity index (χ3n) is 11.7. The smallest absolute Gasteiger partial charge is 0.326 e. The number of nitrogens with one attached hydrogen (secondary N) is 7. The number of hydrogen-bond acceptors (Lipinski definition) is 12. The Kier molecular flexibility index (Phi) is 23.8. The SMILES string of the molecule is C=C1NC(=O)CC[C@H](C(=O)O)NC(=O)[C@@H](C)[C@H](/C=C/C(C)=C/[C@H](C)[C@H](Cc2ccccc2)OC)NC(=O)[C@H](Cc2ccc(O)cc2)NC(=O)C[C@H](C(=O)O)NC(=O)[C@H](CCCN=C(N)N)NC(=O)[C@@H](C)NC1=O. The molecule has 1 aliphatic rings. The van der Waals surface area contributed by atoms with E-state index in [-0.39, 0.29) is 49.5 Å². The maximum Gasteiger partial charge on any atom is 0.326 e. The van der Waals surface area contributed by atoms with E-state index >= 15 is 0 Å². The number of benzene rings is 2. The monoisotopic (exact) mass is 1020 g/mol. The van der Waals surface area contributed by atoms with Crippen LogP contribution in [-0.2, 0) is 60.7 Å². The van der Waals surface area contributed by atoms with Crippen molar-refractivity contribution in [2.75, 3.05) is 13.7 Å². The molecule has 1 fully saturated rings. The van der Waals surface area contributed by atoms with Crippen LogP contribution in [0.5, 0.6) is 5.75 Å². The van der Waals surface area contributed by atoms with Crippen LogP contribution >= 0.6 is 0 Å². The predicted octanol–water partition coefficient (Wildman–Crippen LogP) is -0.0676. The van der Waals surface area contributed by atoms with E-state index < -0.39 is 120 Å². The fourth-order valence-corrected chi connectivity index (χ4v) is 7.46. The molecule has 14 N–H and O–H groups in total. The second-order valence-corrected chi connectivity index (χ2v) is 17.7. The second-order valence-electron chi connectivity index (χ2n) is 17.7. The molecule has 7 amide bonds. The number of carbonyl (C=O) groups is 9. The lowest BCUT2D eigenvalue weighted by Crippen LogP contribution is -2.57. The Labute approximate surface area is 423 Å². The molecule has 2 aromatic carbocycles. The number of rotatable bonds is 15. The predicted molar refractivity (Wildman–Crippen MR) is 268 cm³/mol. The van der Waals surface area contributed by atoms with Gasteiger partial charge in [0.15, 0.2) is 5.96 Å². The van der Waals surface area contributed by atoms with Gasteiger partial charge in [-0.25, -0.2) is 9.59 Å². The number of amides is 7. The van der Waals surface area contributed by atoms with Crippen molar-refractivity contribution in [1.29, 1.82) is 0 Å². The normalized spacial score (nSPS) is 23.6. The number of aliphatic imine (C=N–C) groups is 1. The zero-order valence-electron chi connectivity index (χ0n) is 41.5. The Balaban J connectivity index is 2.10. The number of hydrogen-bond donors (Lipinski definition) is 12. The molecule has 0 aromatic heterocycles. The molecule has 73 heavy (non-hydrogen) atoms. The van der Waals surface area contributed by atoms with E-state index in [0.29, 0.717) is 17.6 Å². The van der Waals surface area contributed by atoms with Crippen LogP contribution in [0.4, 0.5) is 0 Å². The van der Waals surface area contributed by atoms with Crippen molar-refractivity contribution < 1.29 is 63.2 Å². The summed E-state index contributed by atoms with van der Waals surface area (Å²) in [5, 5.41) is 47.2. The molecule has 0 radical (unpaired) electrons. The molecule has 0 aliphatic carbocycles. The fourth-order valence-electron chi connectivity index (χ4n) is 7.46. The highest BCUT2D eigenvalue weighted by Gasteiger charge is 2.34. The lowest BCUT2D eigenvalue weighted by Gasteiger charge is -2.27. The zero-order valence-corrected chi connectivity index (χ0v) is 41.5. The average molecular weight is 1020 g/mol. The Bertz CT molecular complexity index is 2390. The van der Waals surface area contributed by atoms with Gasteiger partial charge in [-0.1, -0.05) is 86.7 Å². The summed E-state index contributed by atoms with van der Waals surface area (Å²) in [6.45, 7) is 9.91. The first kappa shape index (κ1) is 59.2. The molecule has 1 heterocycles. The van der Waals surface area contributed by atoms with Gasteiger partial charge in [0, 0.05) is 32.4 Å². The summed E-state index contributed by atoms with van der Waals surface area (Å²) < 4.78 is 5.81. The largest absolute Gasteiger partial charge is 0.508 e. The van der Waals surface area contributed by atoms with Crippen LogP contribution in [-0.4, -0.2) is 131 Å². The number of carboxylic acids is 2. The number of carboxylic acid groups (broad SMARTS) is 2. The highest BCUT2D eigenvalue weighted by atomic mass is 16.5. The van der Waals surface area contributed by atoms with Crippen molar-refractivity contribution in [2.45, 2.75) is 115 Å². The van der Waals surface area contributed by atoms with E-state index in [1.807, 2.05) is 43.3 Å². The molecule has 0 bridgehead atoms. The summed E-state index contributed by atoms with van der Waals surface area (Å²) >= 11 is 0. The summed E-state index contributed by atoms with van der Waals surface area (Å²) in [6, 6.07) is 6.24. The average Bonchev–Trinajstić information content (AvgIpc) is 3.33. The summed E-state index contributed by atoms with van der Waals surface area (Å²) in [5.74, 6) is -11.5. The number of nitrogens with zero attached hydrogens (tertiary/aromatic N) is 1. The Hall–Kier alpha value is -8.08. The molecule has 9 atom stereocenters. The van der Waals surface area contributed by atoms with Gasteiger partial charge in [0.25, 0.3) is 5.91 Å². The van der Waals surface area contributed by atoms with Gasteiger partial charge in [0.1, 0.15) is 36.0 Å². The van der Waals surface area contributed by atoms with Gasteiger partial charge in [-0.3, -0.25) is 38.6 Å². The number of guanidine groups is 1. The molecule has 3 rings (SSSR count). The number of carbonyl (C=O) groups excluding carboxylic acids is 7. The quantitative estimate of drug-likeness (QED) is 0.0365. The van der Waals surface area contributed by atoms with Crippen LogP contribution in [0.1, 0.15) is 70.9 Å². The van der Waals surface area contributed by atoms with E-state index in [2.05, 4.69) is 48.8 Å². The van der Waals surface area contributed by atoms with Crippen LogP contribution in [0.2, 0.25) is 0 Å². The fraction of sp³-hybridized carbons (Fsp3) is 0.440. The van der Waals surface area contributed by atoms with Gasteiger partial charge in [0.05, 0.1) is 30.2 Å². The molecule has 0 saturated carbocycles. The van der Waals surface area contributed by atoms with E-state index in [9.17, 15) is 58.5 Å². The second kappa shape index (κ2) is 29.3. The van der Waals surface area contributed by atoms with E-state index in [4.69, 9.17) is 16.2 Å². The summed E-state index contributed by atoms with van der Waals surface area (Å²) in [4.78, 5) is 124. The highest BCUT2D eigenvalue weighted by Crippen LogP contribution is 2.19. The van der Waals surface area contributed by atoms with Crippen LogP contribution < -0.4 is 48.7 Å². The minimum Gasteiger partial charge on any atom is -0.508 e. The minimum atomic E-state index is -1.93. The molecule has 23 nitrogen and oxygen atoms in total. The van der Waals surface area contributed by atoms with Crippen LogP contribution in [0.15, 0.2) is 95.7 Å². The van der Waals surface area contributed by atoms with Crippen LogP contribution in [0.3, 0.4) is 0 Å². The van der Waals surface area contributed by atoms with Crippen molar-refractivity contribution in [3.8, 4) is 5.75 Å². The first-order chi connectivity index (χ1) is 34.5. The molecular weight excluding hydrogens is 949 g/mol. The number of ether oxygens (including phenoxy) is 1. The number of aliphatic carboxylic acids is 2. The number of allylic oxidation sites excluding steroid dienone is 2. The van der Waals surface area contributed by atoms with Gasteiger partial charge >= 0.3 is 11.9 Å². The zero-order chi connectivity index (χ0) is 54.4. The van der Waals surface area contributed by atoms with Crippen molar-refractivity contribution >= 4 is 59.2 Å². The lowest BCUT2D eigenvalue weighted by molar-refractivity contribution is -0.144. The van der Waals surface area contributed by atoms with E-state index in [1.54, 1.807) is 20.1 Å². The number of aromatic hydroxyl groups is 1. The van der Waals surface area contributed by atoms with Gasteiger partial charge in [-0.15, -0.1) is 0 Å². The lowest BCUT2D eigenvalue weighted by atomic mass is 9.94. The minimum absolute atomic E-state index is 0.00455. The van der Waals surface area contributed by atoms with Crippen LogP contribution in [0.25, 0.3) is 0 Å². The molecule has 1 aliphatic heterocycles. The van der Waals surface area contributed by atoms with E-state index in [0.717, 1.165) is 5.56 Å². The van der Waals surface area contributed by atoms with Crippen molar-refractivity contribution in [3.63, 3.8) is 0 Å². The first-order valence-corrected chi connectivity index (χ1v) is 23.5. The van der Waals surface area contributed by atoms with Gasteiger partial charge in [-0.05, 0) is 62.8 Å².